The Hall–Kier alpha value is -2.04. The number of halogens is 1. The fourth-order valence-corrected chi connectivity index (χ4v) is 3.29. The molecule has 1 saturated heterocycles. The first-order valence-electron chi connectivity index (χ1n) is 8.16. The van der Waals surface area contributed by atoms with E-state index in [0.717, 1.165) is 30.5 Å². The quantitative estimate of drug-likeness (QED) is 0.905. The van der Waals surface area contributed by atoms with Crippen molar-refractivity contribution in [1.82, 2.24) is 4.90 Å². The fourth-order valence-electron chi connectivity index (χ4n) is 3.06. The average molecular weight is 345 g/mol. The van der Waals surface area contributed by atoms with Crippen molar-refractivity contribution in [2.45, 2.75) is 18.9 Å². The summed E-state index contributed by atoms with van der Waals surface area (Å²) in [5.74, 6) is 0.486. The lowest BCUT2D eigenvalue weighted by Crippen LogP contribution is -2.42. The Labute approximate surface area is 147 Å². The molecule has 0 aromatic heterocycles. The molecule has 3 rings (SSSR count). The third kappa shape index (κ3) is 3.71. The summed E-state index contributed by atoms with van der Waals surface area (Å²) in [4.78, 5) is 14.1. The van der Waals surface area contributed by atoms with Gasteiger partial charge in [-0.15, -0.1) is 0 Å². The summed E-state index contributed by atoms with van der Waals surface area (Å²) in [6, 6.07) is 15.7. The predicted molar refractivity (Wildman–Crippen MR) is 96.2 cm³/mol. The molecule has 0 bridgehead atoms. The molecule has 126 valence electrons. The van der Waals surface area contributed by atoms with Crippen LogP contribution >= 0.6 is 11.6 Å². The van der Waals surface area contributed by atoms with Crippen molar-refractivity contribution in [2.24, 2.45) is 5.73 Å². The number of ether oxygens (including phenoxy) is 1. The molecule has 0 spiro atoms. The highest BCUT2D eigenvalue weighted by Crippen LogP contribution is 2.30. The Morgan fingerprint density at radius 3 is 2.71 bits per heavy atom. The van der Waals surface area contributed by atoms with Gasteiger partial charge in [-0.05, 0) is 36.1 Å². The number of nitrogens with two attached hydrogens (primary N) is 1. The molecule has 5 heteroatoms. The third-order valence-electron chi connectivity index (χ3n) is 4.36. The SMILES string of the molecule is NCC1CCCN1C(=O)COc1ccc(-c2ccccc2)cc1Cl. The van der Waals surface area contributed by atoms with Gasteiger partial charge in [-0.3, -0.25) is 4.79 Å². The number of carbonyl (C=O) groups excluding carboxylic acids is 1. The van der Waals surface area contributed by atoms with Crippen molar-refractivity contribution in [3.05, 3.63) is 53.6 Å². The third-order valence-corrected chi connectivity index (χ3v) is 4.66. The van der Waals surface area contributed by atoms with Gasteiger partial charge in [0.15, 0.2) is 6.61 Å². The number of carbonyl (C=O) groups is 1. The van der Waals surface area contributed by atoms with Gasteiger partial charge in [-0.1, -0.05) is 48.0 Å². The van der Waals surface area contributed by atoms with Crippen molar-refractivity contribution in [2.75, 3.05) is 19.7 Å². The molecule has 4 nitrogen and oxygen atoms in total. The largest absolute Gasteiger partial charge is 0.482 e. The molecule has 1 amide bonds. The van der Waals surface area contributed by atoms with E-state index in [9.17, 15) is 4.79 Å². The van der Waals surface area contributed by atoms with Gasteiger partial charge in [0.2, 0.25) is 0 Å². The summed E-state index contributed by atoms with van der Waals surface area (Å²) in [5, 5.41) is 0.501. The number of hydrogen-bond donors (Lipinski definition) is 1. The van der Waals surface area contributed by atoms with Gasteiger partial charge in [0, 0.05) is 19.1 Å². The summed E-state index contributed by atoms with van der Waals surface area (Å²) in [5.41, 5.74) is 7.81. The first kappa shape index (κ1) is 16.8. The molecule has 0 aliphatic carbocycles. The second kappa shape index (κ2) is 7.69. The Balaban J connectivity index is 1.65. The Morgan fingerprint density at radius 2 is 2.00 bits per heavy atom. The molecule has 1 aliphatic heterocycles. The second-order valence-electron chi connectivity index (χ2n) is 5.92. The summed E-state index contributed by atoms with van der Waals surface area (Å²) in [7, 11) is 0. The highest BCUT2D eigenvalue weighted by Gasteiger charge is 2.27. The molecule has 1 fully saturated rings. The number of hydrogen-bond acceptors (Lipinski definition) is 3. The van der Waals surface area contributed by atoms with E-state index >= 15 is 0 Å². The van der Waals surface area contributed by atoms with Crippen molar-refractivity contribution in [3.8, 4) is 16.9 Å². The molecule has 2 N–H and O–H groups in total. The molecule has 24 heavy (non-hydrogen) atoms. The van der Waals surface area contributed by atoms with Crippen LogP contribution in [-0.4, -0.2) is 36.5 Å². The Morgan fingerprint density at radius 1 is 1.21 bits per heavy atom. The average Bonchev–Trinajstić information content (AvgIpc) is 3.10. The maximum absolute atomic E-state index is 12.3. The summed E-state index contributed by atoms with van der Waals surface area (Å²) >= 11 is 6.31. The summed E-state index contributed by atoms with van der Waals surface area (Å²) < 4.78 is 5.63. The lowest BCUT2D eigenvalue weighted by Gasteiger charge is -2.23. The number of benzene rings is 2. The van der Waals surface area contributed by atoms with Crippen LogP contribution < -0.4 is 10.5 Å². The molecular weight excluding hydrogens is 324 g/mol. The van der Waals surface area contributed by atoms with Crippen LogP contribution in [0, 0.1) is 0 Å². The Bertz CT molecular complexity index is 706. The minimum Gasteiger partial charge on any atom is -0.482 e. The molecule has 1 aliphatic rings. The zero-order chi connectivity index (χ0) is 16.9. The first-order chi connectivity index (χ1) is 11.7. The number of likely N-dealkylation sites (tertiary alicyclic amines) is 1. The summed E-state index contributed by atoms with van der Waals surface area (Å²) in [6.07, 6.45) is 1.97. The molecule has 1 unspecified atom stereocenters. The monoisotopic (exact) mass is 344 g/mol. The van der Waals surface area contributed by atoms with Crippen LogP contribution in [0.1, 0.15) is 12.8 Å². The zero-order valence-corrected chi connectivity index (χ0v) is 14.2. The van der Waals surface area contributed by atoms with Crippen LogP contribution in [-0.2, 0) is 4.79 Å². The number of rotatable bonds is 5. The van der Waals surface area contributed by atoms with Crippen molar-refractivity contribution >= 4 is 17.5 Å². The maximum Gasteiger partial charge on any atom is 0.260 e. The highest BCUT2D eigenvalue weighted by molar-refractivity contribution is 6.32. The van der Waals surface area contributed by atoms with Gasteiger partial charge in [-0.25, -0.2) is 0 Å². The predicted octanol–water partition coefficient (Wildman–Crippen LogP) is 3.34. The van der Waals surface area contributed by atoms with Gasteiger partial charge < -0.3 is 15.4 Å². The molecule has 1 heterocycles. The Kier molecular flexibility index (Phi) is 5.38. The zero-order valence-electron chi connectivity index (χ0n) is 13.5. The van der Waals surface area contributed by atoms with Crippen LogP contribution in [0.15, 0.2) is 48.5 Å². The standard InChI is InChI=1S/C19H21ClN2O2/c20-17-11-15(14-5-2-1-3-6-14)8-9-18(17)24-13-19(23)22-10-4-7-16(22)12-21/h1-3,5-6,8-9,11,16H,4,7,10,12-13,21H2. The number of nitrogens with zero attached hydrogens (tertiary/aromatic N) is 1. The van der Waals surface area contributed by atoms with Crippen molar-refractivity contribution < 1.29 is 9.53 Å². The first-order valence-corrected chi connectivity index (χ1v) is 8.54. The van der Waals surface area contributed by atoms with Crippen LogP contribution in [0.4, 0.5) is 0 Å². The van der Waals surface area contributed by atoms with Gasteiger partial charge in [-0.2, -0.15) is 0 Å². The molecule has 0 saturated carbocycles. The van der Waals surface area contributed by atoms with E-state index in [1.165, 1.54) is 0 Å². The lowest BCUT2D eigenvalue weighted by molar-refractivity contribution is -0.134. The molecule has 2 aromatic rings. The highest BCUT2D eigenvalue weighted by atomic mass is 35.5. The smallest absolute Gasteiger partial charge is 0.260 e. The van der Waals surface area contributed by atoms with E-state index < -0.39 is 0 Å². The van der Waals surface area contributed by atoms with Crippen molar-refractivity contribution in [3.63, 3.8) is 0 Å². The van der Waals surface area contributed by atoms with E-state index in [1.807, 2.05) is 53.4 Å². The van der Waals surface area contributed by atoms with Crippen LogP contribution in [0.25, 0.3) is 11.1 Å². The van der Waals surface area contributed by atoms with E-state index in [0.29, 0.717) is 17.3 Å². The topological polar surface area (TPSA) is 55.6 Å². The van der Waals surface area contributed by atoms with E-state index in [2.05, 4.69) is 0 Å². The second-order valence-corrected chi connectivity index (χ2v) is 6.33. The minimum atomic E-state index is -0.0360. The fraction of sp³-hybridized carbons (Fsp3) is 0.316. The maximum atomic E-state index is 12.3. The van der Waals surface area contributed by atoms with Gasteiger partial charge in [0.25, 0.3) is 5.91 Å². The molecular formula is C19H21ClN2O2. The molecule has 0 radical (unpaired) electrons. The van der Waals surface area contributed by atoms with Gasteiger partial charge in [0.05, 0.1) is 5.02 Å². The van der Waals surface area contributed by atoms with Gasteiger partial charge >= 0.3 is 0 Å². The van der Waals surface area contributed by atoms with E-state index in [1.54, 1.807) is 0 Å². The minimum absolute atomic E-state index is 0.0130. The van der Waals surface area contributed by atoms with Gasteiger partial charge in [0.1, 0.15) is 5.75 Å². The lowest BCUT2D eigenvalue weighted by atomic mass is 10.1. The van der Waals surface area contributed by atoms with Crippen LogP contribution in [0.2, 0.25) is 5.02 Å². The molecule has 2 aromatic carbocycles. The number of amides is 1. The molecule has 1 atom stereocenters. The van der Waals surface area contributed by atoms with Crippen LogP contribution in [0.3, 0.4) is 0 Å². The van der Waals surface area contributed by atoms with Crippen molar-refractivity contribution in [1.29, 1.82) is 0 Å². The summed E-state index contributed by atoms with van der Waals surface area (Å²) in [6.45, 7) is 1.24. The normalized spacial score (nSPS) is 17.1. The van der Waals surface area contributed by atoms with E-state index in [-0.39, 0.29) is 18.6 Å². The van der Waals surface area contributed by atoms with E-state index in [4.69, 9.17) is 22.1 Å². The van der Waals surface area contributed by atoms with Crippen LogP contribution in [0.5, 0.6) is 5.75 Å².